The third-order valence-corrected chi connectivity index (χ3v) is 5.11. The quantitative estimate of drug-likeness (QED) is 0.850. The number of benzene rings is 1. The zero-order chi connectivity index (χ0) is 13.0. The van der Waals surface area contributed by atoms with E-state index >= 15 is 0 Å². The van der Waals surface area contributed by atoms with Gasteiger partial charge in [-0.25, -0.2) is 4.98 Å². The van der Waals surface area contributed by atoms with Gasteiger partial charge >= 0.3 is 0 Å². The smallest absolute Gasteiger partial charge is 0.103 e. The molecule has 0 unspecified atom stereocenters. The maximum absolute atomic E-state index is 5.59. The fraction of sp³-hybridized carbons (Fsp3) is 0.357. The van der Waals surface area contributed by atoms with Gasteiger partial charge in [0.05, 0.1) is 11.4 Å². The van der Waals surface area contributed by atoms with Gasteiger partial charge in [-0.1, -0.05) is 17.7 Å². The Kier molecular flexibility index (Phi) is 4.80. The van der Waals surface area contributed by atoms with Crippen LogP contribution in [0.5, 0.6) is 0 Å². The Morgan fingerprint density at radius 2 is 1.94 bits per heavy atom. The second-order valence-corrected chi connectivity index (χ2v) is 6.47. The van der Waals surface area contributed by atoms with Crippen molar-refractivity contribution in [2.75, 3.05) is 6.54 Å². The van der Waals surface area contributed by atoms with Gasteiger partial charge in [-0.2, -0.15) is 0 Å². The van der Waals surface area contributed by atoms with Crippen LogP contribution in [0.25, 0.3) is 0 Å². The highest BCUT2D eigenvalue weighted by molar-refractivity contribution is 7.98. The molecule has 1 heterocycles. The Hall–Kier alpha value is -0.840. The molecule has 1 aromatic heterocycles. The Morgan fingerprint density at radius 1 is 1.22 bits per heavy atom. The van der Waals surface area contributed by atoms with Crippen LogP contribution < -0.4 is 5.73 Å². The molecule has 1 aromatic carbocycles. The largest absolute Gasteiger partial charge is 0.330 e. The number of nitrogens with two attached hydrogens (primary N) is 1. The molecule has 0 aliphatic carbocycles. The van der Waals surface area contributed by atoms with Crippen molar-refractivity contribution in [3.63, 3.8) is 0 Å². The number of hydrogen-bond donors (Lipinski definition) is 1. The highest BCUT2D eigenvalue weighted by Crippen LogP contribution is 2.27. The molecule has 0 fully saturated rings. The minimum absolute atomic E-state index is 0.702. The summed E-state index contributed by atoms with van der Waals surface area (Å²) in [4.78, 5) is 7.23. The predicted molar refractivity (Wildman–Crippen MR) is 80.3 cm³/mol. The van der Waals surface area contributed by atoms with Gasteiger partial charge in [-0.15, -0.1) is 23.1 Å². The fourth-order valence-corrected chi connectivity index (χ4v) is 3.67. The van der Waals surface area contributed by atoms with Gasteiger partial charge in [0.1, 0.15) is 5.01 Å². The van der Waals surface area contributed by atoms with E-state index in [0.29, 0.717) is 6.54 Å². The topological polar surface area (TPSA) is 38.9 Å². The number of thiazole rings is 1. The summed E-state index contributed by atoms with van der Waals surface area (Å²) >= 11 is 3.63. The molecule has 4 heteroatoms. The highest BCUT2D eigenvalue weighted by atomic mass is 32.2. The lowest BCUT2D eigenvalue weighted by atomic mass is 10.2. The van der Waals surface area contributed by atoms with E-state index in [0.717, 1.165) is 17.9 Å². The molecule has 2 nitrogen and oxygen atoms in total. The van der Waals surface area contributed by atoms with E-state index in [-0.39, 0.29) is 0 Å². The first-order valence-electron chi connectivity index (χ1n) is 6.03. The number of thioether (sulfide) groups is 1. The third-order valence-electron chi connectivity index (χ3n) is 2.69. The summed E-state index contributed by atoms with van der Waals surface area (Å²) in [5.41, 5.74) is 8.04. The number of rotatable bonds is 5. The van der Waals surface area contributed by atoms with Gasteiger partial charge in [0.25, 0.3) is 0 Å². The SMILES string of the molecule is Cc1ccc(SCc2nc(C)c(CCN)s2)cc1. The molecule has 0 radical (unpaired) electrons. The molecule has 0 aliphatic heterocycles. The maximum atomic E-state index is 5.59. The maximum Gasteiger partial charge on any atom is 0.103 e. The zero-order valence-corrected chi connectivity index (χ0v) is 12.4. The second-order valence-electron chi connectivity index (χ2n) is 4.26. The van der Waals surface area contributed by atoms with E-state index in [9.17, 15) is 0 Å². The molecule has 0 saturated carbocycles. The Labute approximate surface area is 117 Å². The lowest BCUT2D eigenvalue weighted by Crippen LogP contribution is -2.01. The van der Waals surface area contributed by atoms with Crippen LogP contribution in [-0.4, -0.2) is 11.5 Å². The van der Waals surface area contributed by atoms with E-state index in [1.807, 2.05) is 11.8 Å². The van der Waals surface area contributed by atoms with Gasteiger partial charge in [-0.3, -0.25) is 0 Å². The van der Waals surface area contributed by atoms with Gasteiger partial charge in [0.15, 0.2) is 0 Å². The normalized spacial score (nSPS) is 10.8. The van der Waals surface area contributed by atoms with E-state index in [1.54, 1.807) is 11.3 Å². The summed E-state index contributed by atoms with van der Waals surface area (Å²) in [6.07, 6.45) is 0.943. The number of aryl methyl sites for hydroxylation is 2. The van der Waals surface area contributed by atoms with Crippen LogP contribution >= 0.6 is 23.1 Å². The molecule has 0 bridgehead atoms. The first-order valence-corrected chi connectivity index (χ1v) is 7.84. The van der Waals surface area contributed by atoms with Crippen LogP contribution in [0.3, 0.4) is 0 Å². The highest BCUT2D eigenvalue weighted by Gasteiger charge is 2.07. The number of nitrogens with zero attached hydrogens (tertiary/aromatic N) is 1. The standard InChI is InChI=1S/C14H18N2S2/c1-10-3-5-12(6-4-10)17-9-14-16-11(2)13(18-14)7-8-15/h3-6H,7-9,15H2,1-2H3. The summed E-state index contributed by atoms with van der Waals surface area (Å²) < 4.78 is 0. The van der Waals surface area contributed by atoms with E-state index in [1.165, 1.54) is 20.3 Å². The van der Waals surface area contributed by atoms with Crippen molar-refractivity contribution >= 4 is 23.1 Å². The van der Waals surface area contributed by atoms with Gasteiger partial charge in [-0.05, 0) is 38.9 Å². The van der Waals surface area contributed by atoms with Crippen LogP contribution in [0.4, 0.5) is 0 Å². The lowest BCUT2D eigenvalue weighted by molar-refractivity contribution is 0.968. The summed E-state index contributed by atoms with van der Waals surface area (Å²) in [6, 6.07) is 8.63. The number of aromatic nitrogens is 1. The monoisotopic (exact) mass is 278 g/mol. The molecule has 0 atom stereocenters. The van der Waals surface area contributed by atoms with Crippen molar-refractivity contribution in [1.29, 1.82) is 0 Å². The van der Waals surface area contributed by atoms with Gasteiger partial charge < -0.3 is 5.73 Å². The summed E-state index contributed by atoms with van der Waals surface area (Å²) in [7, 11) is 0. The van der Waals surface area contributed by atoms with Crippen LogP contribution in [0, 0.1) is 13.8 Å². The average molecular weight is 278 g/mol. The van der Waals surface area contributed by atoms with Crippen molar-refractivity contribution in [2.24, 2.45) is 5.73 Å². The molecule has 18 heavy (non-hydrogen) atoms. The minimum Gasteiger partial charge on any atom is -0.330 e. The molecule has 2 rings (SSSR count). The Morgan fingerprint density at radius 3 is 2.61 bits per heavy atom. The molecular formula is C14H18N2S2. The van der Waals surface area contributed by atoms with E-state index in [4.69, 9.17) is 5.73 Å². The third kappa shape index (κ3) is 3.57. The molecule has 0 aliphatic rings. The molecule has 0 amide bonds. The first kappa shape index (κ1) is 13.6. The number of hydrogen-bond acceptors (Lipinski definition) is 4. The summed E-state index contributed by atoms with van der Waals surface area (Å²) in [6.45, 7) is 4.88. The molecule has 96 valence electrons. The van der Waals surface area contributed by atoms with Crippen molar-refractivity contribution < 1.29 is 0 Å². The summed E-state index contributed by atoms with van der Waals surface area (Å²) in [5.74, 6) is 0.944. The van der Waals surface area contributed by atoms with Crippen LogP contribution in [-0.2, 0) is 12.2 Å². The Bertz CT molecular complexity index is 503. The fourth-order valence-electron chi connectivity index (χ4n) is 1.69. The van der Waals surface area contributed by atoms with E-state index < -0.39 is 0 Å². The van der Waals surface area contributed by atoms with Gasteiger partial charge in [0, 0.05) is 9.77 Å². The Balaban J connectivity index is 1.97. The lowest BCUT2D eigenvalue weighted by Gasteiger charge is -1.99. The predicted octanol–water partition coefficient (Wildman–Crippen LogP) is 3.55. The van der Waals surface area contributed by atoms with Crippen molar-refractivity contribution in [3.05, 3.63) is 45.4 Å². The molecule has 2 N–H and O–H groups in total. The average Bonchev–Trinajstić information content (AvgIpc) is 2.70. The van der Waals surface area contributed by atoms with Crippen LogP contribution in [0.15, 0.2) is 29.2 Å². The van der Waals surface area contributed by atoms with Crippen molar-refractivity contribution in [3.8, 4) is 0 Å². The van der Waals surface area contributed by atoms with Crippen molar-refractivity contribution in [2.45, 2.75) is 30.9 Å². The molecular weight excluding hydrogens is 260 g/mol. The van der Waals surface area contributed by atoms with Crippen LogP contribution in [0.2, 0.25) is 0 Å². The van der Waals surface area contributed by atoms with Gasteiger partial charge in [0.2, 0.25) is 0 Å². The second kappa shape index (κ2) is 6.36. The van der Waals surface area contributed by atoms with E-state index in [2.05, 4.69) is 43.1 Å². The van der Waals surface area contributed by atoms with Crippen LogP contribution in [0.1, 0.15) is 21.1 Å². The molecule has 0 spiro atoms. The van der Waals surface area contributed by atoms with Crippen molar-refractivity contribution in [1.82, 2.24) is 4.98 Å². The molecule has 2 aromatic rings. The summed E-state index contributed by atoms with van der Waals surface area (Å²) in [5, 5.41) is 1.20. The minimum atomic E-state index is 0.702. The first-order chi connectivity index (χ1) is 8.69. The molecule has 0 saturated heterocycles. The zero-order valence-electron chi connectivity index (χ0n) is 10.8.